The summed E-state index contributed by atoms with van der Waals surface area (Å²) in [6, 6.07) is 7.42. The molecule has 0 radical (unpaired) electrons. The van der Waals surface area contributed by atoms with Crippen LogP contribution in [0.1, 0.15) is 32.3 Å². The van der Waals surface area contributed by atoms with E-state index >= 15 is 0 Å². The summed E-state index contributed by atoms with van der Waals surface area (Å²) in [4.78, 5) is 11.7. The maximum Gasteiger partial charge on any atom is 0.232 e. The molecule has 0 N–H and O–H groups in total. The van der Waals surface area contributed by atoms with Gasteiger partial charge in [0, 0.05) is 5.02 Å². The van der Waals surface area contributed by atoms with Crippen LogP contribution in [0.25, 0.3) is 0 Å². The van der Waals surface area contributed by atoms with Gasteiger partial charge in [-0.05, 0) is 47.6 Å². The van der Waals surface area contributed by atoms with Gasteiger partial charge >= 0.3 is 0 Å². The number of carbonyl (C=O) groups excluding carboxylic acids is 1. The first-order chi connectivity index (χ1) is 7.36. The van der Waals surface area contributed by atoms with Crippen molar-refractivity contribution >= 4 is 28.4 Å². The smallest absolute Gasteiger partial charge is 0.232 e. The van der Waals surface area contributed by atoms with Crippen LogP contribution in [0.5, 0.6) is 0 Å². The average molecular weight is 257 g/mol. The zero-order valence-electron chi connectivity index (χ0n) is 9.39. The van der Waals surface area contributed by atoms with Crippen LogP contribution in [-0.2, 0) is 10.2 Å². The third kappa shape index (κ3) is 1.87. The maximum atomic E-state index is 11.7. The topological polar surface area (TPSA) is 17.1 Å². The standard InChI is InChI=1S/C13H14Cl2O/c1-12(2)7-13(8-12,11(15)16)9-3-5-10(14)6-4-9/h3-6H,7-8H2,1-2H3. The van der Waals surface area contributed by atoms with Gasteiger partial charge < -0.3 is 0 Å². The summed E-state index contributed by atoms with van der Waals surface area (Å²) in [5, 5.41) is 0.425. The lowest BCUT2D eigenvalue weighted by Crippen LogP contribution is -2.50. The molecule has 1 aromatic carbocycles. The first-order valence-electron chi connectivity index (χ1n) is 5.32. The maximum absolute atomic E-state index is 11.7. The normalized spacial score (nSPS) is 21.2. The Balaban J connectivity index is 2.36. The minimum atomic E-state index is -0.490. The molecule has 0 heterocycles. The SMILES string of the molecule is CC1(C)CC(C(=O)Cl)(c2ccc(Cl)cc2)C1. The van der Waals surface area contributed by atoms with Gasteiger partial charge in [0.15, 0.2) is 0 Å². The van der Waals surface area contributed by atoms with Crippen molar-refractivity contribution in [3.63, 3.8) is 0 Å². The number of halogens is 2. The number of benzene rings is 1. The Labute approximate surface area is 106 Å². The number of hydrogen-bond acceptors (Lipinski definition) is 1. The Kier molecular flexibility index (Phi) is 2.80. The number of hydrogen-bond donors (Lipinski definition) is 0. The van der Waals surface area contributed by atoms with Crippen molar-refractivity contribution < 1.29 is 4.79 Å². The Morgan fingerprint density at radius 1 is 1.19 bits per heavy atom. The largest absolute Gasteiger partial charge is 0.280 e. The predicted octanol–water partition coefficient (Wildman–Crippen LogP) is 4.16. The molecule has 1 aliphatic rings. The van der Waals surface area contributed by atoms with Crippen LogP contribution in [0.15, 0.2) is 24.3 Å². The van der Waals surface area contributed by atoms with Gasteiger partial charge in [0.1, 0.15) is 0 Å². The number of rotatable bonds is 2. The quantitative estimate of drug-likeness (QED) is 0.727. The third-order valence-electron chi connectivity index (χ3n) is 3.33. The van der Waals surface area contributed by atoms with E-state index in [1.165, 1.54) is 0 Å². The van der Waals surface area contributed by atoms with Crippen molar-refractivity contribution in [1.82, 2.24) is 0 Å². The molecule has 1 saturated carbocycles. The molecule has 0 amide bonds. The molecule has 0 spiro atoms. The number of carbonyl (C=O) groups is 1. The fourth-order valence-corrected chi connectivity index (χ4v) is 3.18. The molecule has 0 atom stereocenters. The lowest BCUT2D eigenvalue weighted by Gasteiger charge is -2.51. The summed E-state index contributed by atoms with van der Waals surface area (Å²) >= 11 is 11.6. The van der Waals surface area contributed by atoms with Crippen molar-refractivity contribution in [2.75, 3.05) is 0 Å². The molecule has 1 fully saturated rings. The fourth-order valence-electron chi connectivity index (χ4n) is 2.81. The fraction of sp³-hybridized carbons (Fsp3) is 0.462. The molecule has 0 aromatic heterocycles. The van der Waals surface area contributed by atoms with E-state index in [0.29, 0.717) is 5.02 Å². The molecule has 0 bridgehead atoms. The van der Waals surface area contributed by atoms with Crippen LogP contribution in [0.2, 0.25) is 5.02 Å². The van der Waals surface area contributed by atoms with E-state index in [4.69, 9.17) is 23.2 Å². The lowest BCUT2D eigenvalue weighted by atomic mass is 9.52. The summed E-state index contributed by atoms with van der Waals surface area (Å²) in [7, 11) is 0. The molecular formula is C13H14Cl2O. The third-order valence-corrected chi connectivity index (χ3v) is 3.95. The van der Waals surface area contributed by atoms with E-state index in [-0.39, 0.29) is 10.7 Å². The van der Waals surface area contributed by atoms with Gasteiger partial charge in [-0.1, -0.05) is 37.6 Å². The second-order valence-electron chi connectivity index (χ2n) is 5.38. The van der Waals surface area contributed by atoms with Crippen LogP contribution < -0.4 is 0 Å². The van der Waals surface area contributed by atoms with E-state index < -0.39 is 5.41 Å². The van der Waals surface area contributed by atoms with Gasteiger partial charge in [-0.2, -0.15) is 0 Å². The zero-order chi connectivity index (χ0) is 12.0. The Morgan fingerprint density at radius 3 is 2.06 bits per heavy atom. The second kappa shape index (κ2) is 3.75. The van der Waals surface area contributed by atoms with E-state index in [9.17, 15) is 4.79 Å². The summed E-state index contributed by atoms with van der Waals surface area (Å²) in [5.74, 6) is 0. The molecule has 0 saturated heterocycles. The van der Waals surface area contributed by atoms with E-state index in [1.807, 2.05) is 24.3 Å². The van der Waals surface area contributed by atoms with Gasteiger partial charge in [-0.25, -0.2) is 0 Å². The highest BCUT2D eigenvalue weighted by Crippen LogP contribution is 2.56. The monoisotopic (exact) mass is 256 g/mol. The Hall–Kier alpha value is -0.530. The molecule has 2 rings (SSSR count). The van der Waals surface area contributed by atoms with Gasteiger partial charge in [0.25, 0.3) is 0 Å². The average Bonchev–Trinajstić information content (AvgIpc) is 2.14. The first-order valence-corrected chi connectivity index (χ1v) is 6.07. The van der Waals surface area contributed by atoms with E-state index in [2.05, 4.69) is 13.8 Å². The summed E-state index contributed by atoms with van der Waals surface area (Å²) in [5.41, 5.74) is 0.691. The molecule has 16 heavy (non-hydrogen) atoms. The van der Waals surface area contributed by atoms with Crippen molar-refractivity contribution in [2.24, 2.45) is 5.41 Å². The van der Waals surface area contributed by atoms with E-state index in [0.717, 1.165) is 18.4 Å². The summed E-state index contributed by atoms with van der Waals surface area (Å²) in [6.45, 7) is 4.31. The molecule has 3 heteroatoms. The highest BCUT2D eigenvalue weighted by molar-refractivity contribution is 6.65. The van der Waals surface area contributed by atoms with Crippen LogP contribution in [0.3, 0.4) is 0 Å². The molecule has 1 aromatic rings. The molecular weight excluding hydrogens is 243 g/mol. The highest BCUT2D eigenvalue weighted by Gasteiger charge is 2.54. The van der Waals surface area contributed by atoms with Crippen LogP contribution in [0, 0.1) is 5.41 Å². The van der Waals surface area contributed by atoms with E-state index in [1.54, 1.807) is 0 Å². The zero-order valence-corrected chi connectivity index (χ0v) is 10.9. The van der Waals surface area contributed by atoms with Crippen molar-refractivity contribution in [3.05, 3.63) is 34.9 Å². The van der Waals surface area contributed by atoms with Crippen LogP contribution in [0.4, 0.5) is 0 Å². The van der Waals surface area contributed by atoms with Crippen molar-refractivity contribution in [1.29, 1.82) is 0 Å². The van der Waals surface area contributed by atoms with Gasteiger partial charge in [0.2, 0.25) is 5.24 Å². The minimum Gasteiger partial charge on any atom is -0.280 e. The molecule has 1 aliphatic carbocycles. The van der Waals surface area contributed by atoms with Gasteiger partial charge in [-0.3, -0.25) is 4.79 Å². The Morgan fingerprint density at radius 2 is 1.69 bits per heavy atom. The Bertz CT molecular complexity index is 412. The van der Waals surface area contributed by atoms with Gasteiger partial charge in [-0.15, -0.1) is 0 Å². The molecule has 1 nitrogen and oxygen atoms in total. The molecule has 0 aliphatic heterocycles. The highest BCUT2D eigenvalue weighted by atomic mass is 35.5. The first kappa shape index (κ1) is 11.9. The van der Waals surface area contributed by atoms with Crippen LogP contribution in [-0.4, -0.2) is 5.24 Å². The molecule has 86 valence electrons. The van der Waals surface area contributed by atoms with Crippen molar-refractivity contribution in [3.8, 4) is 0 Å². The van der Waals surface area contributed by atoms with Crippen LogP contribution >= 0.6 is 23.2 Å². The minimum absolute atomic E-state index is 0.199. The molecule has 0 unspecified atom stereocenters. The summed E-state index contributed by atoms with van der Waals surface area (Å²) < 4.78 is 0. The summed E-state index contributed by atoms with van der Waals surface area (Å²) in [6.07, 6.45) is 1.62. The lowest BCUT2D eigenvalue weighted by molar-refractivity contribution is -0.124. The van der Waals surface area contributed by atoms with Crippen molar-refractivity contribution in [2.45, 2.75) is 32.1 Å². The predicted molar refractivity (Wildman–Crippen MR) is 67.0 cm³/mol. The van der Waals surface area contributed by atoms with Gasteiger partial charge in [0.05, 0.1) is 5.41 Å². The second-order valence-corrected chi connectivity index (χ2v) is 6.16.